The zero-order chi connectivity index (χ0) is 22.3. The molecule has 0 heterocycles. The molecule has 1 atom stereocenters. The molecule has 1 unspecified atom stereocenters. The van der Waals surface area contributed by atoms with Crippen LogP contribution in [0.25, 0.3) is 0 Å². The molecule has 1 aliphatic rings. The van der Waals surface area contributed by atoms with Gasteiger partial charge in [-0.05, 0) is 52.5 Å². The molecule has 1 aliphatic carbocycles. The quantitative estimate of drug-likeness (QED) is 0.656. The number of aromatic hydroxyl groups is 1. The molecule has 3 N–H and O–H groups in total. The number of anilines is 1. The molecule has 30 heavy (non-hydrogen) atoms. The summed E-state index contributed by atoms with van der Waals surface area (Å²) >= 11 is 0. The minimum absolute atomic E-state index is 0.00409. The Hall–Kier alpha value is -2.86. The van der Waals surface area contributed by atoms with Gasteiger partial charge >= 0.3 is 5.97 Å². The van der Waals surface area contributed by atoms with Gasteiger partial charge in [-0.15, -0.1) is 0 Å². The highest BCUT2D eigenvalue weighted by atomic mass is 16.5. The van der Waals surface area contributed by atoms with Crippen LogP contribution in [-0.2, 0) is 20.4 Å². The van der Waals surface area contributed by atoms with E-state index in [-0.39, 0.29) is 27.8 Å². The molecule has 3 rings (SSSR count). The Morgan fingerprint density at radius 2 is 1.63 bits per heavy atom. The number of methoxy groups -OCH3 is 1. The minimum Gasteiger partial charge on any atom is -0.507 e. The van der Waals surface area contributed by atoms with E-state index in [9.17, 15) is 19.8 Å². The molecular formula is C24H29NO5. The molecule has 0 aromatic heterocycles. The van der Waals surface area contributed by atoms with Gasteiger partial charge in [0.2, 0.25) is 0 Å². The number of phenolic OH excluding ortho intramolecular Hbond substituents is 1. The van der Waals surface area contributed by atoms with Crippen molar-refractivity contribution >= 4 is 17.6 Å². The van der Waals surface area contributed by atoms with Gasteiger partial charge in [0.15, 0.2) is 6.10 Å². The summed E-state index contributed by atoms with van der Waals surface area (Å²) in [5.74, 6) is -1.61. The van der Waals surface area contributed by atoms with Crippen molar-refractivity contribution in [3.05, 3.63) is 58.7 Å². The molecule has 2 aromatic rings. The highest BCUT2D eigenvalue weighted by Gasteiger charge is 2.37. The van der Waals surface area contributed by atoms with E-state index in [1.807, 2.05) is 12.1 Å². The van der Waals surface area contributed by atoms with E-state index in [0.717, 1.165) is 18.4 Å². The summed E-state index contributed by atoms with van der Waals surface area (Å²) in [5.41, 5.74) is 3.20. The van der Waals surface area contributed by atoms with Crippen LogP contribution in [-0.4, -0.2) is 29.2 Å². The SMILES string of the molecule is COC(=O)c1ccc(NC(=O)C(O)c2ccc3c(c2)C(C)(C)CCC3(C)C)cc1O. The second kappa shape index (κ2) is 7.76. The summed E-state index contributed by atoms with van der Waals surface area (Å²) in [6.07, 6.45) is 0.754. The number of phenols is 1. The second-order valence-electron chi connectivity index (χ2n) is 9.19. The number of fused-ring (bicyclic) bond motifs is 1. The van der Waals surface area contributed by atoms with Crippen LogP contribution in [0.1, 0.15) is 73.7 Å². The highest BCUT2D eigenvalue weighted by Crippen LogP contribution is 2.46. The minimum atomic E-state index is -1.36. The molecule has 0 spiro atoms. The van der Waals surface area contributed by atoms with Gasteiger partial charge in [0, 0.05) is 11.8 Å². The van der Waals surface area contributed by atoms with Crippen LogP contribution in [0.5, 0.6) is 5.75 Å². The molecular weight excluding hydrogens is 382 g/mol. The van der Waals surface area contributed by atoms with Crippen LogP contribution in [0.3, 0.4) is 0 Å². The number of aliphatic hydroxyl groups excluding tert-OH is 1. The molecule has 0 saturated heterocycles. The summed E-state index contributed by atoms with van der Waals surface area (Å²) in [4.78, 5) is 24.2. The fourth-order valence-electron chi connectivity index (χ4n) is 4.03. The number of benzene rings is 2. The van der Waals surface area contributed by atoms with Gasteiger partial charge in [-0.1, -0.05) is 45.9 Å². The summed E-state index contributed by atoms with van der Waals surface area (Å²) in [5, 5.41) is 23.2. The second-order valence-corrected chi connectivity index (χ2v) is 9.19. The number of ether oxygens (including phenoxy) is 1. The lowest BCUT2D eigenvalue weighted by Gasteiger charge is -2.42. The van der Waals surface area contributed by atoms with Crippen molar-refractivity contribution < 1.29 is 24.5 Å². The zero-order valence-electron chi connectivity index (χ0n) is 18.1. The smallest absolute Gasteiger partial charge is 0.341 e. The normalized spacial score (nSPS) is 17.5. The lowest BCUT2D eigenvalue weighted by Crippen LogP contribution is -2.34. The lowest BCUT2D eigenvalue weighted by molar-refractivity contribution is -0.124. The van der Waals surface area contributed by atoms with Crippen molar-refractivity contribution in [3.8, 4) is 5.75 Å². The Kier molecular flexibility index (Phi) is 5.65. The van der Waals surface area contributed by atoms with E-state index in [1.165, 1.54) is 30.9 Å². The molecule has 0 fully saturated rings. The molecule has 6 nitrogen and oxygen atoms in total. The van der Waals surface area contributed by atoms with Crippen molar-refractivity contribution in [3.63, 3.8) is 0 Å². The summed E-state index contributed by atoms with van der Waals surface area (Å²) in [7, 11) is 1.22. The van der Waals surface area contributed by atoms with E-state index >= 15 is 0 Å². The third kappa shape index (κ3) is 4.05. The number of hydrogen-bond donors (Lipinski definition) is 3. The predicted octanol–water partition coefficient (Wildman–Crippen LogP) is 4.20. The number of amides is 1. The highest BCUT2D eigenvalue weighted by molar-refractivity contribution is 5.97. The molecule has 6 heteroatoms. The first-order chi connectivity index (χ1) is 14.0. The molecule has 160 valence electrons. The lowest BCUT2D eigenvalue weighted by atomic mass is 9.63. The van der Waals surface area contributed by atoms with Gasteiger partial charge in [-0.25, -0.2) is 4.79 Å². The van der Waals surface area contributed by atoms with Crippen molar-refractivity contribution in [2.45, 2.75) is 57.5 Å². The van der Waals surface area contributed by atoms with Crippen LogP contribution in [0.4, 0.5) is 5.69 Å². The molecule has 0 bridgehead atoms. The Labute approximate surface area is 176 Å². The van der Waals surface area contributed by atoms with Crippen molar-refractivity contribution in [2.24, 2.45) is 0 Å². The van der Waals surface area contributed by atoms with Crippen LogP contribution in [0, 0.1) is 0 Å². The maximum absolute atomic E-state index is 12.6. The fourth-order valence-corrected chi connectivity index (χ4v) is 4.03. The van der Waals surface area contributed by atoms with Crippen LogP contribution in [0.15, 0.2) is 36.4 Å². The number of carbonyl (C=O) groups excluding carboxylic acids is 2. The van der Waals surface area contributed by atoms with Gasteiger partial charge in [0.1, 0.15) is 11.3 Å². The van der Waals surface area contributed by atoms with Crippen molar-refractivity contribution in [1.82, 2.24) is 0 Å². The van der Waals surface area contributed by atoms with E-state index < -0.39 is 18.0 Å². The number of rotatable bonds is 4. The Balaban J connectivity index is 1.83. The Bertz CT molecular complexity index is 993. The zero-order valence-corrected chi connectivity index (χ0v) is 18.1. The van der Waals surface area contributed by atoms with Gasteiger partial charge in [0.25, 0.3) is 5.91 Å². The molecule has 0 saturated carbocycles. The Morgan fingerprint density at radius 1 is 1.00 bits per heavy atom. The maximum atomic E-state index is 12.6. The van der Waals surface area contributed by atoms with Gasteiger partial charge < -0.3 is 20.3 Å². The number of aliphatic hydroxyl groups is 1. The number of esters is 1. The molecule has 2 aromatic carbocycles. The molecule has 0 radical (unpaired) electrons. The van der Waals surface area contributed by atoms with Crippen molar-refractivity contribution in [2.75, 3.05) is 12.4 Å². The van der Waals surface area contributed by atoms with E-state index in [1.54, 1.807) is 6.07 Å². The first-order valence-corrected chi connectivity index (χ1v) is 10.0. The number of carbonyl (C=O) groups is 2. The number of hydrogen-bond acceptors (Lipinski definition) is 5. The average molecular weight is 411 g/mol. The van der Waals surface area contributed by atoms with Crippen LogP contribution >= 0.6 is 0 Å². The first-order valence-electron chi connectivity index (χ1n) is 10.0. The topological polar surface area (TPSA) is 95.9 Å². The van der Waals surface area contributed by atoms with Crippen molar-refractivity contribution in [1.29, 1.82) is 0 Å². The largest absolute Gasteiger partial charge is 0.507 e. The number of nitrogens with one attached hydrogen (secondary N) is 1. The van der Waals surface area contributed by atoms with Crippen LogP contribution < -0.4 is 5.32 Å². The van der Waals surface area contributed by atoms with E-state index in [2.05, 4.69) is 37.7 Å². The van der Waals surface area contributed by atoms with E-state index in [0.29, 0.717) is 5.56 Å². The molecule has 1 amide bonds. The van der Waals surface area contributed by atoms with Gasteiger partial charge in [-0.2, -0.15) is 0 Å². The molecule has 0 aliphatic heterocycles. The van der Waals surface area contributed by atoms with Crippen LogP contribution in [0.2, 0.25) is 0 Å². The summed E-state index contributed by atoms with van der Waals surface area (Å²) in [6.45, 7) is 8.80. The standard InChI is InChI=1S/C24H29NO5/c1-23(2)10-11-24(3,4)18-12-14(6-9-17(18)23)20(27)21(28)25-15-7-8-16(19(26)13-15)22(29)30-5/h6-9,12-13,20,26-27H,10-11H2,1-5H3,(H,25,28). The predicted molar refractivity (Wildman–Crippen MR) is 115 cm³/mol. The maximum Gasteiger partial charge on any atom is 0.341 e. The third-order valence-corrected chi connectivity index (χ3v) is 6.11. The monoisotopic (exact) mass is 411 g/mol. The van der Waals surface area contributed by atoms with E-state index in [4.69, 9.17) is 0 Å². The first kappa shape index (κ1) is 21.8. The summed E-state index contributed by atoms with van der Waals surface area (Å²) in [6, 6.07) is 9.80. The van der Waals surface area contributed by atoms with Gasteiger partial charge in [0.05, 0.1) is 7.11 Å². The third-order valence-electron chi connectivity index (χ3n) is 6.11. The average Bonchev–Trinajstić information content (AvgIpc) is 2.70. The summed E-state index contributed by atoms with van der Waals surface area (Å²) < 4.78 is 4.58. The van der Waals surface area contributed by atoms with Gasteiger partial charge in [-0.3, -0.25) is 4.79 Å². The Morgan fingerprint density at radius 3 is 2.23 bits per heavy atom. The fraction of sp³-hybridized carbons (Fsp3) is 0.417.